The number of hydrogen-bond donors (Lipinski definition) is 1. The molecule has 11 heteroatoms. The number of aliphatic hydroxyl groups is 1. The predicted molar refractivity (Wildman–Crippen MR) is 80.9 cm³/mol. The molecule has 2 fully saturated rings. The van der Waals surface area contributed by atoms with E-state index in [1.54, 1.807) is 13.8 Å². The maximum Gasteiger partial charge on any atom is 0.297 e. The van der Waals surface area contributed by atoms with Crippen LogP contribution in [-0.4, -0.2) is 55.4 Å². The quantitative estimate of drug-likeness (QED) is 0.454. The molecule has 138 valence electrons. The van der Waals surface area contributed by atoms with E-state index >= 15 is 0 Å². The van der Waals surface area contributed by atoms with Crippen molar-refractivity contribution >= 4 is 15.8 Å². The third-order valence-corrected chi connectivity index (χ3v) is 5.20. The van der Waals surface area contributed by atoms with Gasteiger partial charge in [-0.3, -0.25) is 14.3 Å². The van der Waals surface area contributed by atoms with Gasteiger partial charge in [-0.25, -0.2) is 0 Å². The zero-order valence-corrected chi connectivity index (χ0v) is 14.2. The Labute approximate surface area is 143 Å². The topological polar surface area (TPSA) is 134 Å². The normalized spacial score (nSPS) is 31.5. The van der Waals surface area contributed by atoms with Crippen LogP contribution in [0.4, 0.5) is 5.69 Å². The van der Waals surface area contributed by atoms with Gasteiger partial charge in [-0.2, -0.15) is 8.42 Å². The highest BCUT2D eigenvalue weighted by Gasteiger charge is 2.53. The molecule has 1 aromatic rings. The van der Waals surface area contributed by atoms with E-state index in [2.05, 4.69) is 0 Å². The number of non-ortho nitro benzene ring substituents is 1. The molecule has 1 aromatic carbocycles. The van der Waals surface area contributed by atoms with Gasteiger partial charge in [-0.1, -0.05) is 0 Å². The highest BCUT2D eigenvalue weighted by molar-refractivity contribution is 7.86. The Morgan fingerprint density at radius 3 is 2.56 bits per heavy atom. The molecule has 10 nitrogen and oxygen atoms in total. The summed E-state index contributed by atoms with van der Waals surface area (Å²) in [5.74, 6) is -0.979. The van der Waals surface area contributed by atoms with Crippen LogP contribution in [-0.2, 0) is 28.5 Å². The Morgan fingerprint density at radius 1 is 1.32 bits per heavy atom. The van der Waals surface area contributed by atoms with Gasteiger partial charge in [0.15, 0.2) is 18.2 Å². The van der Waals surface area contributed by atoms with Crippen molar-refractivity contribution < 1.29 is 36.8 Å². The van der Waals surface area contributed by atoms with Crippen LogP contribution in [0.5, 0.6) is 0 Å². The van der Waals surface area contributed by atoms with Crippen LogP contribution >= 0.6 is 0 Å². The molecule has 25 heavy (non-hydrogen) atoms. The monoisotopic (exact) mass is 375 g/mol. The molecule has 2 aliphatic rings. The number of fused-ring (bicyclic) bond motifs is 1. The Balaban J connectivity index is 1.80. The van der Waals surface area contributed by atoms with Crippen LogP contribution in [0.3, 0.4) is 0 Å². The maximum absolute atomic E-state index is 12.4. The van der Waals surface area contributed by atoms with Crippen molar-refractivity contribution in [2.24, 2.45) is 0 Å². The molecule has 0 radical (unpaired) electrons. The molecule has 0 aromatic heterocycles. The van der Waals surface area contributed by atoms with Gasteiger partial charge < -0.3 is 19.3 Å². The minimum absolute atomic E-state index is 0.117. The minimum Gasteiger partial charge on any atom is -0.366 e. The smallest absolute Gasteiger partial charge is 0.297 e. The lowest BCUT2D eigenvalue weighted by Crippen LogP contribution is -2.51. The molecule has 0 amide bonds. The largest absolute Gasteiger partial charge is 0.366 e. The summed E-state index contributed by atoms with van der Waals surface area (Å²) >= 11 is 0. The lowest BCUT2D eigenvalue weighted by Gasteiger charge is -2.38. The first-order valence-electron chi connectivity index (χ1n) is 7.42. The summed E-state index contributed by atoms with van der Waals surface area (Å²) in [7, 11) is -4.29. The van der Waals surface area contributed by atoms with Gasteiger partial charge in [0, 0.05) is 12.1 Å². The molecule has 0 bridgehead atoms. The van der Waals surface area contributed by atoms with Gasteiger partial charge in [0.05, 0.1) is 16.4 Å². The van der Waals surface area contributed by atoms with E-state index in [4.69, 9.17) is 18.4 Å². The molecule has 2 aliphatic heterocycles. The number of rotatable bonds is 4. The van der Waals surface area contributed by atoms with Crippen molar-refractivity contribution in [3.05, 3.63) is 34.4 Å². The van der Waals surface area contributed by atoms with E-state index in [1.807, 2.05) is 0 Å². The second-order valence-electron chi connectivity index (χ2n) is 6.12. The van der Waals surface area contributed by atoms with Crippen LogP contribution in [0, 0.1) is 10.1 Å². The van der Waals surface area contributed by atoms with Gasteiger partial charge in [-0.15, -0.1) is 0 Å². The van der Waals surface area contributed by atoms with Gasteiger partial charge in [0.1, 0.15) is 12.2 Å². The lowest BCUT2D eigenvalue weighted by atomic mass is 10.1. The van der Waals surface area contributed by atoms with Crippen LogP contribution in [0.2, 0.25) is 0 Å². The number of ether oxygens (including phenoxy) is 3. The van der Waals surface area contributed by atoms with Gasteiger partial charge in [-0.05, 0) is 26.0 Å². The molecular weight excluding hydrogens is 358 g/mol. The summed E-state index contributed by atoms with van der Waals surface area (Å²) in [6, 6.07) is 4.22. The fourth-order valence-electron chi connectivity index (χ4n) is 2.67. The first-order valence-corrected chi connectivity index (χ1v) is 8.83. The third kappa shape index (κ3) is 3.66. The minimum atomic E-state index is -4.29. The molecule has 3 rings (SSSR count). The lowest BCUT2D eigenvalue weighted by molar-refractivity contribution is -0.384. The van der Waals surface area contributed by atoms with Crippen LogP contribution in [0.15, 0.2) is 29.2 Å². The number of benzene rings is 1. The number of nitro groups is 1. The summed E-state index contributed by atoms with van der Waals surface area (Å²) in [4.78, 5) is 9.73. The number of nitro benzene ring substituents is 1. The molecule has 2 saturated heterocycles. The zero-order valence-electron chi connectivity index (χ0n) is 13.4. The van der Waals surface area contributed by atoms with Crippen molar-refractivity contribution in [2.45, 2.75) is 49.1 Å². The average molecular weight is 375 g/mol. The molecule has 0 saturated carbocycles. The number of nitrogens with zero attached hydrogens (tertiary/aromatic N) is 1. The summed E-state index contributed by atoms with van der Waals surface area (Å²) in [6.07, 6.45) is -4.31. The first kappa shape index (κ1) is 18.2. The van der Waals surface area contributed by atoms with Gasteiger partial charge in [0.2, 0.25) is 0 Å². The van der Waals surface area contributed by atoms with Crippen molar-refractivity contribution in [1.29, 1.82) is 0 Å². The second kappa shape index (κ2) is 6.27. The maximum atomic E-state index is 12.4. The van der Waals surface area contributed by atoms with E-state index in [0.717, 1.165) is 24.3 Å². The van der Waals surface area contributed by atoms with Crippen LogP contribution < -0.4 is 0 Å². The fourth-order valence-corrected chi connectivity index (χ4v) is 3.75. The number of hydrogen-bond acceptors (Lipinski definition) is 9. The molecule has 1 N–H and O–H groups in total. The van der Waals surface area contributed by atoms with Crippen molar-refractivity contribution in [2.75, 3.05) is 6.61 Å². The average Bonchev–Trinajstić information content (AvgIpc) is 2.82. The predicted octanol–water partition coefficient (Wildman–Crippen LogP) is 0.537. The molecule has 0 unspecified atom stereocenters. The third-order valence-electron chi connectivity index (χ3n) is 3.87. The highest BCUT2D eigenvalue weighted by Crippen LogP contribution is 2.35. The zero-order chi connectivity index (χ0) is 18.4. The summed E-state index contributed by atoms with van der Waals surface area (Å²) < 4.78 is 46.2. The highest BCUT2D eigenvalue weighted by atomic mass is 32.2. The van der Waals surface area contributed by atoms with E-state index in [9.17, 15) is 23.6 Å². The van der Waals surface area contributed by atoms with Gasteiger partial charge in [0.25, 0.3) is 15.8 Å². The Kier molecular flexibility index (Phi) is 4.56. The molecular formula is C14H17NO9S. The fraction of sp³-hybridized carbons (Fsp3) is 0.571. The first-order chi connectivity index (χ1) is 11.6. The van der Waals surface area contributed by atoms with E-state index in [1.165, 1.54) is 0 Å². The van der Waals surface area contributed by atoms with Gasteiger partial charge >= 0.3 is 0 Å². The Bertz CT molecular complexity index is 761. The molecule has 0 spiro atoms. The van der Waals surface area contributed by atoms with Crippen molar-refractivity contribution in [1.82, 2.24) is 0 Å². The van der Waals surface area contributed by atoms with E-state index < -0.39 is 45.4 Å². The van der Waals surface area contributed by atoms with Crippen LogP contribution in [0.25, 0.3) is 0 Å². The molecule has 0 aliphatic carbocycles. The van der Waals surface area contributed by atoms with E-state index in [-0.39, 0.29) is 17.2 Å². The SMILES string of the molecule is CC1(C)OC[C@@H]2O[C@@H](O)[C@@H](OS(=O)(=O)c3ccc([N+](=O)[O-])cc3)[C@H]2O1. The van der Waals surface area contributed by atoms with Crippen molar-refractivity contribution in [3.63, 3.8) is 0 Å². The molecule has 4 atom stereocenters. The van der Waals surface area contributed by atoms with Crippen LogP contribution in [0.1, 0.15) is 13.8 Å². The summed E-state index contributed by atoms with van der Waals surface area (Å²) in [5.41, 5.74) is -0.252. The Hall–Kier alpha value is -1.63. The van der Waals surface area contributed by atoms with E-state index in [0.29, 0.717) is 0 Å². The number of aliphatic hydroxyl groups excluding tert-OH is 1. The summed E-state index contributed by atoms with van der Waals surface area (Å²) in [6.45, 7) is 3.41. The van der Waals surface area contributed by atoms with Crippen molar-refractivity contribution in [3.8, 4) is 0 Å². The Morgan fingerprint density at radius 2 is 1.96 bits per heavy atom. The standard InChI is InChI=1S/C14H17NO9S/c1-14(2)21-7-10-11(23-14)12(13(16)22-10)24-25(19,20)9-5-3-8(4-6-9)15(17)18/h3-6,10-13,16H,7H2,1-2H3/t10-,11-,12-,13+/m0/s1. The summed E-state index contributed by atoms with van der Waals surface area (Å²) in [5, 5.41) is 20.6. The molecule has 2 heterocycles. The second-order valence-corrected chi connectivity index (χ2v) is 7.70.